The van der Waals surface area contributed by atoms with Crippen LogP contribution in [-0.4, -0.2) is 42.1 Å². The zero-order valence-electron chi connectivity index (χ0n) is 10.4. The SMILES string of the molecule is CC1C(=O)NC(=O)CN1S(=O)(=O)c1ccc(C#N)nc1. The van der Waals surface area contributed by atoms with Gasteiger partial charge in [-0.2, -0.15) is 9.57 Å². The number of piperazine rings is 1. The summed E-state index contributed by atoms with van der Waals surface area (Å²) in [6.45, 7) is 0.950. The number of carbonyl (C=O) groups excluding carboxylic acids is 2. The van der Waals surface area contributed by atoms with E-state index in [9.17, 15) is 18.0 Å². The van der Waals surface area contributed by atoms with Crippen molar-refractivity contribution in [2.45, 2.75) is 17.9 Å². The van der Waals surface area contributed by atoms with Crippen molar-refractivity contribution in [2.75, 3.05) is 6.54 Å². The van der Waals surface area contributed by atoms with Gasteiger partial charge in [0.05, 0.1) is 6.54 Å². The Balaban J connectivity index is 2.40. The van der Waals surface area contributed by atoms with Gasteiger partial charge in [-0.05, 0) is 19.1 Å². The molecule has 0 aliphatic carbocycles. The third kappa shape index (κ3) is 2.38. The molecule has 8 nitrogen and oxygen atoms in total. The van der Waals surface area contributed by atoms with Crippen molar-refractivity contribution in [3.63, 3.8) is 0 Å². The molecule has 1 aliphatic heterocycles. The number of carbonyl (C=O) groups is 2. The van der Waals surface area contributed by atoms with Gasteiger partial charge in [-0.25, -0.2) is 13.4 Å². The molecule has 1 saturated heterocycles. The number of rotatable bonds is 2. The highest BCUT2D eigenvalue weighted by atomic mass is 32.2. The molecular weight excluding hydrogens is 284 g/mol. The van der Waals surface area contributed by atoms with Crippen LogP contribution < -0.4 is 5.32 Å². The van der Waals surface area contributed by atoms with Crippen LogP contribution in [0.3, 0.4) is 0 Å². The first-order chi connectivity index (χ1) is 9.36. The maximum atomic E-state index is 12.4. The highest BCUT2D eigenvalue weighted by Crippen LogP contribution is 2.19. The highest BCUT2D eigenvalue weighted by molar-refractivity contribution is 7.89. The van der Waals surface area contributed by atoms with Gasteiger partial charge < -0.3 is 0 Å². The van der Waals surface area contributed by atoms with Gasteiger partial charge in [0.1, 0.15) is 22.7 Å². The first kappa shape index (κ1) is 14.1. The minimum absolute atomic E-state index is 0.0736. The summed E-state index contributed by atoms with van der Waals surface area (Å²) in [5.74, 6) is -1.36. The molecule has 0 radical (unpaired) electrons. The fraction of sp³-hybridized carbons (Fsp3) is 0.273. The molecule has 104 valence electrons. The van der Waals surface area contributed by atoms with Crippen molar-refractivity contribution in [1.82, 2.24) is 14.6 Å². The van der Waals surface area contributed by atoms with Gasteiger partial charge in [0.2, 0.25) is 21.8 Å². The molecule has 20 heavy (non-hydrogen) atoms. The van der Waals surface area contributed by atoms with E-state index in [1.807, 2.05) is 0 Å². The van der Waals surface area contributed by atoms with E-state index in [-0.39, 0.29) is 10.6 Å². The van der Waals surface area contributed by atoms with Crippen molar-refractivity contribution in [3.8, 4) is 6.07 Å². The molecule has 0 bridgehead atoms. The van der Waals surface area contributed by atoms with Crippen LogP contribution in [0.5, 0.6) is 0 Å². The number of pyridine rings is 1. The number of imide groups is 1. The molecule has 1 aromatic rings. The van der Waals surface area contributed by atoms with E-state index in [2.05, 4.69) is 10.3 Å². The fourth-order valence-corrected chi connectivity index (χ4v) is 3.21. The zero-order chi connectivity index (χ0) is 14.9. The molecule has 2 rings (SSSR count). The minimum Gasteiger partial charge on any atom is -0.294 e. The van der Waals surface area contributed by atoms with Crippen molar-refractivity contribution in [2.24, 2.45) is 0 Å². The van der Waals surface area contributed by atoms with Crippen LogP contribution >= 0.6 is 0 Å². The molecule has 1 fully saturated rings. The summed E-state index contributed by atoms with van der Waals surface area (Å²) >= 11 is 0. The van der Waals surface area contributed by atoms with Crippen molar-refractivity contribution in [1.29, 1.82) is 5.26 Å². The first-order valence-electron chi connectivity index (χ1n) is 5.58. The van der Waals surface area contributed by atoms with Crippen LogP contribution in [0.4, 0.5) is 0 Å². The fourth-order valence-electron chi connectivity index (χ4n) is 1.72. The third-order valence-corrected chi connectivity index (χ3v) is 4.73. The quantitative estimate of drug-likeness (QED) is 0.698. The third-order valence-electron chi connectivity index (χ3n) is 2.83. The summed E-state index contributed by atoms with van der Waals surface area (Å²) in [5.41, 5.74) is 0.0736. The van der Waals surface area contributed by atoms with Gasteiger partial charge in [-0.3, -0.25) is 14.9 Å². The second-order valence-electron chi connectivity index (χ2n) is 4.13. The lowest BCUT2D eigenvalue weighted by Gasteiger charge is -2.30. The van der Waals surface area contributed by atoms with Crippen LogP contribution in [0.2, 0.25) is 0 Å². The Bertz CT molecular complexity index is 705. The van der Waals surface area contributed by atoms with E-state index < -0.39 is 34.4 Å². The van der Waals surface area contributed by atoms with E-state index in [1.54, 1.807) is 6.07 Å². The molecule has 9 heteroatoms. The molecule has 1 aliphatic rings. The molecule has 1 aromatic heterocycles. The number of nitriles is 1. The summed E-state index contributed by atoms with van der Waals surface area (Å²) in [4.78, 5) is 26.3. The lowest BCUT2D eigenvalue weighted by atomic mass is 10.2. The van der Waals surface area contributed by atoms with Crippen LogP contribution in [0.15, 0.2) is 23.2 Å². The summed E-state index contributed by atoms with van der Waals surface area (Å²) < 4.78 is 25.5. The molecule has 2 amide bonds. The summed E-state index contributed by atoms with van der Waals surface area (Å²) in [6.07, 6.45) is 1.03. The van der Waals surface area contributed by atoms with Gasteiger partial charge in [0.15, 0.2) is 0 Å². The Kier molecular flexibility index (Phi) is 3.52. The van der Waals surface area contributed by atoms with Crippen molar-refractivity contribution in [3.05, 3.63) is 24.0 Å². The second-order valence-corrected chi connectivity index (χ2v) is 6.02. The molecule has 0 spiro atoms. The van der Waals surface area contributed by atoms with Crippen LogP contribution in [0.1, 0.15) is 12.6 Å². The number of nitrogens with zero attached hydrogens (tertiary/aromatic N) is 3. The summed E-state index contributed by atoms with van der Waals surface area (Å²) in [5, 5.41) is 10.7. The van der Waals surface area contributed by atoms with E-state index >= 15 is 0 Å². The number of aromatic nitrogens is 1. The lowest BCUT2D eigenvalue weighted by Crippen LogP contribution is -2.58. The molecule has 1 atom stereocenters. The van der Waals surface area contributed by atoms with Crippen molar-refractivity contribution < 1.29 is 18.0 Å². The number of sulfonamides is 1. The van der Waals surface area contributed by atoms with Gasteiger partial charge >= 0.3 is 0 Å². The zero-order valence-corrected chi connectivity index (χ0v) is 11.2. The minimum atomic E-state index is -4.02. The molecule has 0 aromatic carbocycles. The standard InChI is InChI=1S/C11H10N4O4S/c1-7-11(17)14-10(16)6-15(7)20(18,19)9-3-2-8(4-12)13-5-9/h2-3,5,7H,6H2,1H3,(H,14,16,17). The van der Waals surface area contributed by atoms with Gasteiger partial charge in [-0.1, -0.05) is 0 Å². The van der Waals surface area contributed by atoms with E-state index in [0.717, 1.165) is 10.5 Å². The molecule has 0 saturated carbocycles. The highest BCUT2D eigenvalue weighted by Gasteiger charge is 2.39. The van der Waals surface area contributed by atoms with E-state index in [1.165, 1.54) is 19.1 Å². The Morgan fingerprint density at radius 1 is 1.45 bits per heavy atom. The topological polar surface area (TPSA) is 120 Å². The normalized spacial score (nSPS) is 20.3. The average Bonchev–Trinajstić information content (AvgIpc) is 2.42. The van der Waals surface area contributed by atoms with Gasteiger partial charge in [0, 0.05) is 6.20 Å². The van der Waals surface area contributed by atoms with Gasteiger partial charge in [-0.15, -0.1) is 0 Å². The Morgan fingerprint density at radius 2 is 2.15 bits per heavy atom. The number of amides is 2. The monoisotopic (exact) mass is 294 g/mol. The van der Waals surface area contributed by atoms with Gasteiger partial charge in [0.25, 0.3) is 0 Å². The first-order valence-corrected chi connectivity index (χ1v) is 7.02. The lowest BCUT2D eigenvalue weighted by molar-refractivity contribution is -0.136. The molecule has 1 unspecified atom stereocenters. The number of hydrogen-bond donors (Lipinski definition) is 1. The summed E-state index contributed by atoms with van der Waals surface area (Å²) in [6, 6.07) is 3.24. The van der Waals surface area contributed by atoms with Crippen LogP contribution in [0, 0.1) is 11.3 Å². The van der Waals surface area contributed by atoms with E-state index in [0.29, 0.717) is 0 Å². The molecule has 2 heterocycles. The largest absolute Gasteiger partial charge is 0.294 e. The number of nitrogens with one attached hydrogen (secondary N) is 1. The predicted molar refractivity (Wildman–Crippen MR) is 65.5 cm³/mol. The van der Waals surface area contributed by atoms with E-state index in [4.69, 9.17) is 5.26 Å². The molecular formula is C11H10N4O4S. The maximum absolute atomic E-state index is 12.4. The maximum Gasteiger partial charge on any atom is 0.245 e. The average molecular weight is 294 g/mol. The number of hydrogen-bond acceptors (Lipinski definition) is 6. The Labute approximate surface area is 115 Å². The van der Waals surface area contributed by atoms with Crippen LogP contribution in [-0.2, 0) is 19.6 Å². The smallest absolute Gasteiger partial charge is 0.245 e. The predicted octanol–water partition coefficient (Wildman–Crippen LogP) is -1.01. The second kappa shape index (κ2) is 4.99. The Morgan fingerprint density at radius 3 is 2.70 bits per heavy atom. The van der Waals surface area contributed by atoms with Crippen molar-refractivity contribution >= 4 is 21.8 Å². The Hall–Kier alpha value is -2.31. The summed E-state index contributed by atoms with van der Waals surface area (Å²) in [7, 11) is -4.02. The van der Waals surface area contributed by atoms with Crippen LogP contribution in [0.25, 0.3) is 0 Å². The molecule has 1 N–H and O–H groups in total.